The third-order valence-corrected chi connectivity index (χ3v) is 3.83. The Labute approximate surface area is 116 Å². The standard InChI is InChI=1S/C16H26N2O/c1-4-9-18(10-5-2)14-12-17-11-13-7-6-8-15(19-3)16(13)14/h6-8,14,17H,4-5,9-12H2,1-3H3/t14-/m1/s1. The SMILES string of the molecule is CCCN(CCC)[C@@H]1CNCc2cccc(OC)c21. The van der Waals surface area contributed by atoms with Crippen molar-refractivity contribution < 1.29 is 4.74 Å². The van der Waals surface area contributed by atoms with E-state index in [1.54, 1.807) is 7.11 Å². The third-order valence-electron chi connectivity index (χ3n) is 3.83. The van der Waals surface area contributed by atoms with Crippen molar-refractivity contribution in [2.45, 2.75) is 39.3 Å². The van der Waals surface area contributed by atoms with E-state index in [0.29, 0.717) is 6.04 Å². The van der Waals surface area contributed by atoms with E-state index in [9.17, 15) is 0 Å². The van der Waals surface area contributed by atoms with Gasteiger partial charge >= 0.3 is 0 Å². The van der Waals surface area contributed by atoms with E-state index < -0.39 is 0 Å². The van der Waals surface area contributed by atoms with Gasteiger partial charge in [0.15, 0.2) is 0 Å². The molecule has 1 aromatic rings. The molecule has 1 aliphatic rings. The second kappa shape index (κ2) is 6.92. The van der Waals surface area contributed by atoms with Crippen LogP contribution in [0.3, 0.4) is 0 Å². The molecule has 19 heavy (non-hydrogen) atoms. The van der Waals surface area contributed by atoms with Crippen LogP contribution in [0.2, 0.25) is 0 Å². The molecular formula is C16H26N2O. The minimum absolute atomic E-state index is 0.444. The molecule has 0 fully saturated rings. The summed E-state index contributed by atoms with van der Waals surface area (Å²) < 4.78 is 5.59. The normalized spacial score (nSPS) is 18.4. The molecule has 0 saturated carbocycles. The summed E-state index contributed by atoms with van der Waals surface area (Å²) in [6.45, 7) is 8.78. The number of benzene rings is 1. The number of fused-ring (bicyclic) bond motifs is 1. The van der Waals surface area contributed by atoms with Gasteiger partial charge in [-0.1, -0.05) is 26.0 Å². The first-order valence-corrected chi connectivity index (χ1v) is 7.42. The Morgan fingerprint density at radius 2 is 2.00 bits per heavy atom. The molecule has 1 aliphatic heterocycles. The molecule has 106 valence electrons. The van der Waals surface area contributed by atoms with Crippen LogP contribution < -0.4 is 10.1 Å². The van der Waals surface area contributed by atoms with Crippen LogP contribution in [-0.2, 0) is 6.54 Å². The average Bonchev–Trinajstić information content (AvgIpc) is 2.45. The molecule has 0 saturated heterocycles. The zero-order chi connectivity index (χ0) is 13.7. The van der Waals surface area contributed by atoms with E-state index in [0.717, 1.165) is 31.9 Å². The number of nitrogens with zero attached hydrogens (tertiary/aromatic N) is 1. The highest BCUT2D eigenvalue weighted by molar-refractivity contribution is 5.44. The van der Waals surface area contributed by atoms with Crippen molar-refractivity contribution >= 4 is 0 Å². The Morgan fingerprint density at radius 1 is 1.26 bits per heavy atom. The summed E-state index contributed by atoms with van der Waals surface area (Å²) in [7, 11) is 1.78. The maximum absolute atomic E-state index is 5.59. The summed E-state index contributed by atoms with van der Waals surface area (Å²) in [5, 5.41) is 3.54. The molecule has 0 amide bonds. The molecule has 2 rings (SSSR count). The van der Waals surface area contributed by atoms with Crippen molar-refractivity contribution in [3.05, 3.63) is 29.3 Å². The molecule has 0 unspecified atom stereocenters. The molecule has 0 aliphatic carbocycles. The van der Waals surface area contributed by atoms with Gasteiger partial charge in [0, 0.05) is 18.7 Å². The topological polar surface area (TPSA) is 24.5 Å². The van der Waals surface area contributed by atoms with Gasteiger partial charge in [-0.15, -0.1) is 0 Å². The first kappa shape index (κ1) is 14.4. The lowest BCUT2D eigenvalue weighted by Gasteiger charge is -2.36. The van der Waals surface area contributed by atoms with Gasteiger partial charge in [-0.2, -0.15) is 0 Å². The maximum Gasteiger partial charge on any atom is 0.124 e. The van der Waals surface area contributed by atoms with Gasteiger partial charge in [0.05, 0.1) is 13.2 Å². The van der Waals surface area contributed by atoms with Crippen LogP contribution in [0.15, 0.2) is 18.2 Å². The van der Waals surface area contributed by atoms with E-state index in [2.05, 4.69) is 42.3 Å². The second-order valence-electron chi connectivity index (χ2n) is 5.22. The third kappa shape index (κ3) is 3.10. The largest absolute Gasteiger partial charge is 0.496 e. The predicted molar refractivity (Wildman–Crippen MR) is 79.6 cm³/mol. The lowest BCUT2D eigenvalue weighted by molar-refractivity contribution is 0.181. The summed E-state index contributed by atoms with van der Waals surface area (Å²) >= 11 is 0. The predicted octanol–water partition coefficient (Wildman–Crippen LogP) is 2.96. The van der Waals surface area contributed by atoms with E-state index in [1.165, 1.54) is 24.0 Å². The van der Waals surface area contributed by atoms with E-state index >= 15 is 0 Å². The minimum Gasteiger partial charge on any atom is -0.496 e. The minimum atomic E-state index is 0.444. The van der Waals surface area contributed by atoms with Crippen molar-refractivity contribution in [2.75, 3.05) is 26.7 Å². The Hall–Kier alpha value is -1.06. The van der Waals surface area contributed by atoms with Crippen molar-refractivity contribution in [2.24, 2.45) is 0 Å². The lowest BCUT2D eigenvalue weighted by Crippen LogP contribution is -2.40. The van der Waals surface area contributed by atoms with Crippen LogP contribution in [0, 0.1) is 0 Å². The van der Waals surface area contributed by atoms with Gasteiger partial charge in [-0.25, -0.2) is 0 Å². The number of methoxy groups -OCH3 is 1. The Morgan fingerprint density at radius 3 is 2.63 bits per heavy atom. The second-order valence-corrected chi connectivity index (χ2v) is 5.22. The van der Waals surface area contributed by atoms with Crippen LogP contribution in [0.4, 0.5) is 0 Å². The summed E-state index contributed by atoms with van der Waals surface area (Å²) in [5.41, 5.74) is 2.78. The lowest BCUT2D eigenvalue weighted by atomic mass is 9.94. The van der Waals surface area contributed by atoms with Gasteiger partial charge in [0.2, 0.25) is 0 Å². The van der Waals surface area contributed by atoms with Gasteiger partial charge in [0.25, 0.3) is 0 Å². The molecule has 3 nitrogen and oxygen atoms in total. The van der Waals surface area contributed by atoms with Crippen molar-refractivity contribution in [3.8, 4) is 5.75 Å². The van der Waals surface area contributed by atoms with Gasteiger partial charge < -0.3 is 10.1 Å². The number of nitrogens with one attached hydrogen (secondary N) is 1. The van der Waals surface area contributed by atoms with Gasteiger partial charge in [-0.3, -0.25) is 4.90 Å². The molecule has 0 radical (unpaired) electrons. The Balaban J connectivity index is 2.33. The van der Waals surface area contributed by atoms with Crippen molar-refractivity contribution in [3.63, 3.8) is 0 Å². The molecule has 0 aromatic heterocycles. The zero-order valence-corrected chi connectivity index (χ0v) is 12.4. The fraction of sp³-hybridized carbons (Fsp3) is 0.625. The van der Waals surface area contributed by atoms with Crippen LogP contribution >= 0.6 is 0 Å². The van der Waals surface area contributed by atoms with Crippen LogP contribution in [0.25, 0.3) is 0 Å². The Kier molecular flexibility index (Phi) is 5.23. The molecule has 1 N–H and O–H groups in total. The molecular weight excluding hydrogens is 236 g/mol. The summed E-state index contributed by atoms with van der Waals surface area (Å²) in [6.07, 6.45) is 2.39. The first-order chi connectivity index (χ1) is 9.31. The molecule has 0 bridgehead atoms. The van der Waals surface area contributed by atoms with Gasteiger partial charge in [0.1, 0.15) is 5.75 Å². The monoisotopic (exact) mass is 262 g/mol. The quantitative estimate of drug-likeness (QED) is 0.853. The average molecular weight is 262 g/mol. The van der Waals surface area contributed by atoms with Crippen molar-refractivity contribution in [1.82, 2.24) is 10.2 Å². The smallest absolute Gasteiger partial charge is 0.124 e. The summed E-state index contributed by atoms with van der Waals surface area (Å²) in [5.74, 6) is 1.04. The van der Waals surface area contributed by atoms with E-state index in [4.69, 9.17) is 4.74 Å². The first-order valence-electron chi connectivity index (χ1n) is 7.42. The molecule has 3 heteroatoms. The molecule has 1 aromatic carbocycles. The fourth-order valence-corrected chi connectivity index (χ4v) is 3.06. The maximum atomic E-state index is 5.59. The molecule has 0 spiro atoms. The van der Waals surface area contributed by atoms with E-state index in [1.807, 2.05) is 0 Å². The summed E-state index contributed by atoms with van der Waals surface area (Å²) in [6, 6.07) is 6.84. The molecule has 1 heterocycles. The van der Waals surface area contributed by atoms with E-state index in [-0.39, 0.29) is 0 Å². The number of hydrogen-bond acceptors (Lipinski definition) is 3. The van der Waals surface area contributed by atoms with Gasteiger partial charge in [-0.05, 0) is 37.6 Å². The van der Waals surface area contributed by atoms with Crippen LogP contribution in [-0.4, -0.2) is 31.6 Å². The highest BCUT2D eigenvalue weighted by Gasteiger charge is 2.27. The number of rotatable bonds is 6. The van der Waals surface area contributed by atoms with Crippen LogP contribution in [0.5, 0.6) is 5.75 Å². The highest BCUT2D eigenvalue weighted by Crippen LogP contribution is 2.34. The summed E-state index contributed by atoms with van der Waals surface area (Å²) in [4.78, 5) is 2.59. The fourth-order valence-electron chi connectivity index (χ4n) is 3.06. The van der Waals surface area contributed by atoms with Crippen molar-refractivity contribution in [1.29, 1.82) is 0 Å². The number of hydrogen-bond donors (Lipinski definition) is 1. The Bertz CT molecular complexity index is 385. The number of ether oxygens (including phenoxy) is 1. The van der Waals surface area contributed by atoms with Crippen LogP contribution in [0.1, 0.15) is 43.9 Å². The zero-order valence-electron chi connectivity index (χ0n) is 12.4. The highest BCUT2D eigenvalue weighted by atomic mass is 16.5. The molecule has 1 atom stereocenters.